The van der Waals surface area contributed by atoms with E-state index in [0.29, 0.717) is 6.42 Å². The van der Waals surface area contributed by atoms with Crippen LogP contribution in [0.25, 0.3) is 0 Å². The standard InChI is InChI=1S/C15H21BrN2O/c1-3-4-5-6-7-15(19)18-17-12(2)13-8-10-14(16)11-9-13/h8-11H,3-7H2,1-2H3,(H,18,19). The lowest BCUT2D eigenvalue weighted by Crippen LogP contribution is -2.18. The molecule has 0 radical (unpaired) electrons. The quantitative estimate of drug-likeness (QED) is 0.454. The molecule has 3 nitrogen and oxygen atoms in total. The summed E-state index contributed by atoms with van der Waals surface area (Å²) < 4.78 is 1.03. The van der Waals surface area contributed by atoms with E-state index in [-0.39, 0.29) is 5.91 Å². The summed E-state index contributed by atoms with van der Waals surface area (Å²) >= 11 is 3.39. The summed E-state index contributed by atoms with van der Waals surface area (Å²) in [6, 6.07) is 7.86. The van der Waals surface area contributed by atoms with Gasteiger partial charge in [-0.15, -0.1) is 0 Å². The van der Waals surface area contributed by atoms with Gasteiger partial charge in [-0.05, 0) is 31.0 Å². The minimum Gasteiger partial charge on any atom is -0.273 e. The van der Waals surface area contributed by atoms with E-state index in [4.69, 9.17) is 0 Å². The Labute approximate surface area is 123 Å². The molecule has 104 valence electrons. The Kier molecular flexibility index (Phi) is 7.41. The van der Waals surface area contributed by atoms with Gasteiger partial charge in [0.1, 0.15) is 0 Å². The Morgan fingerprint density at radius 2 is 1.89 bits per heavy atom. The first-order valence-electron chi connectivity index (χ1n) is 6.72. The van der Waals surface area contributed by atoms with Crippen LogP contribution in [0.5, 0.6) is 0 Å². The van der Waals surface area contributed by atoms with E-state index in [1.807, 2.05) is 31.2 Å². The van der Waals surface area contributed by atoms with Crippen molar-refractivity contribution >= 4 is 27.5 Å². The van der Waals surface area contributed by atoms with Gasteiger partial charge in [0.25, 0.3) is 0 Å². The molecule has 1 aromatic rings. The van der Waals surface area contributed by atoms with Gasteiger partial charge in [0.15, 0.2) is 0 Å². The summed E-state index contributed by atoms with van der Waals surface area (Å²) in [5.74, 6) is -0.00688. The molecule has 0 aliphatic rings. The molecule has 19 heavy (non-hydrogen) atoms. The van der Waals surface area contributed by atoms with Crippen molar-refractivity contribution in [1.82, 2.24) is 5.43 Å². The van der Waals surface area contributed by atoms with E-state index >= 15 is 0 Å². The average molecular weight is 325 g/mol. The van der Waals surface area contributed by atoms with E-state index in [2.05, 4.69) is 33.4 Å². The molecule has 4 heteroatoms. The van der Waals surface area contributed by atoms with Gasteiger partial charge in [-0.2, -0.15) is 5.10 Å². The van der Waals surface area contributed by atoms with Crippen LogP contribution in [-0.4, -0.2) is 11.6 Å². The van der Waals surface area contributed by atoms with Gasteiger partial charge in [-0.3, -0.25) is 4.79 Å². The normalized spacial score (nSPS) is 11.4. The fraction of sp³-hybridized carbons (Fsp3) is 0.467. The Bertz CT molecular complexity index is 426. The summed E-state index contributed by atoms with van der Waals surface area (Å²) in [7, 11) is 0. The van der Waals surface area contributed by atoms with Crippen molar-refractivity contribution < 1.29 is 4.79 Å². The minimum absolute atomic E-state index is 0.00688. The lowest BCUT2D eigenvalue weighted by atomic mass is 10.1. The largest absolute Gasteiger partial charge is 0.273 e. The molecule has 1 amide bonds. The number of hydrogen-bond acceptors (Lipinski definition) is 2. The second-order valence-corrected chi connectivity index (χ2v) is 5.47. The van der Waals surface area contributed by atoms with Gasteiger partial charge in [0, 0.05) is 10.9 Å². The average Bonchev–Trinajstić information content (AvgIpc) is 2.42. The highest BCUT2D eigenvalue weighted by atomic mass is 79.9. The molecule has 0 heterocycles. The zero-order chi connectivity index (χ0) is 14.1. The minimum atomic E-state index is -0.00688. The first-order valence-corrected chi connectivity index (χ1v) is 7.52. The second-order valence-electron chi connectivity index (χ2n) is 4.55. The van der Waals surface area contributed by atoms with Crippen LogP contribution >= 0.6 is 15.9 Å². The molecule has 0 aromatic heterocycles. The third-order valence-corrected chi connectivity index (χ3v) is 3.40. The zero-order valence-corrected chi connectivity index (χ0v) is 13.2. The fourth-order valence-corrected chi connectivity index (χ4v) is 1.93. The van der Waals surface area contributed by atoms with E-state index < -0.39 is 0 Å². The molecule has 0 fully saturated rings. The van der Waals surface area contributed by atoms with E-state index in [1.165, 1.54) is 12.8 Å². The maximum absolute atomic E-state index is 11.6. The molecule has 0 aliphatic carbocycles. The number of carbonyl (C=O) groups excluding carboxylic acids is 1. The first-order chi connectivity index (χ1) is 9.13. The van der Waals surface area contributed by atoms with E-state index in [0.717, 1.165) is 28.6 Å². The molecule has 1 rings (SSSR count). The smallest absolute Gasteiger partial charge is 0.240 e. The first kappa shape index (κ1) is 15.9. The number of benzene rings is 1. The molecule has 0 spiro atoms. The number of nitrogens with one attached hydrogen (secondary N) is 1. The predicted octanol–water partition coefficient (Wildman–Crippen LogP) is 4.26. The number of nitrogens with zero attached hydrogens (tertiary/aromatic N) is 1. The fourth-order valence-electron chi connectivity index (χ4n) is 1.67. The van der Waals surface area contributed by atoms with Crippen molar-refractivity contribution in [1.29, 1.82) is 0 Å². The molecule has 0 saturated carbocycles. The Morgan fingerprint density at radius 1 is 1.21 bits per heavy atom. The molecule has 1 aromatic carbocycles. The molecule has 0 aliphatic heterocycles. The van der Waals surface area contributed by atoms with Crippen molar-refractivity contribution in [3.05, 3.63) is 34.3 Å². The zero-order valence-electron chi connectivity index (χ0n) is 11.6. The van der Waals surface area contributed by atoms with Crippen LogP contribution in [0.3, 0.4) is 0 Å². The number of amides is 1. The Morgan fingerprint density at radius 3 is 2.53 bits per heavy atom. The number of hydrogen-bond donors (Lipinski definition) is 1. The summed E-state index contributed by atoms with van der Waals surface area (Å²) in [6.07, 6.45) is 4.97. The topological polar surface area (TPSA) is 41.5 Å². The molecular formula is C15H21BrN2O. The van der Waals surface area contributed by atoms with Crippen molar-refractivity contribution in [3.63, 3.8) is 0 Å². The van der Waals surface area contributed by atoms with Crippen LogP contribution in [0, 0.1) is 0 Å². The predicted molar refractivity (Wildman–Crippen MR) is 83.3 cm³/mol. The Hall–Kier alpha value is -1.16. The third-order valence-electron chi connectivity index (χ3n) is 2.87. The van der Waals surface area contributed by atoms with Crippen LogP contribution in [0.1, 0.15) is 51.5 Å². The van der Waals surface area contributed by atoms with Crippen LogP contribution < -0.4 is 5.43 Å². The number of carbonyl (C=O) groups is 1. The molecule has 0 unspecified atom stereocenters. The maximum Gasteiger partial charge on any atom is 0.240 e. The highest BCUT2D eigenvalue weighted by Crippen LogP contribution is 2.11. The monoisotopic (exact) mass is 324 g/mol. The van der Waals surface area contributed by atoms with Gasteiger partial charge in [-0.25, -0.2) is 5.43 Å². The second kappa shape index (κ2) is 8.86. The van der Waals surface area contributed by atoms with Gasteiger partial charge in [0.05, 0.1) is 5.71 Å². The summed E-state index contributed by atoms with van der Waals surface area (Å²) in [4.78, 5) is 11.6. The summed E-state index contributed by atoms with van der Waals surface area (Å²) in [5, 5.41) is 4.12. The number of unbranched alkanes of at least 4 members (excludes halogenated alkanes) is 3. The van der Waals surface area contributed by atoms with Gasteiger partial charge >= 0.3 is 0 Å². The van der Waals surface area contributed by atoms with Gasteiger partial charge < -0.3 is 0 Å². The van der Waals surface area contributed by atoms with Crippen LogP contribution in [0.2, 0.25) is 0 Å². The molecule has 1 N–H and O–H groups in total. The Balaban J connectivity index is 2.38. The van der Waals surface area contributed by atoms with Crippen LogP contribution in [0.4, 0.5) is 0 Å². The van der Waals surface area contributed by atoms with Crippen LogP contribution in [0.15, 0.2) is 33.8 Å². The van der Waals surface area contributed by atoms with E-state index in [9.17, 15) is 4.79 Å². The number of rotatable bonds is 7. The molecule has 0 saturated heterocycles. The summed E-state index contributed by atoms with van der Waals surface area (Å²) in [5.41, 5.74) is 4.43. The lowest BCUT2D eigenvalue weighted by molar-refractivity contribution is -0.121. The number of halogens is 1. The number of hydrazone groups is 1. The highest BCUT2D eigenvalue weighted by molar-refractivity contribution is 9.10. The maximum atomic E-state index is 11.6. The van der Waals surface area contributed by atoms with E-state index in [1.54, 1.807) is 0 Å². The van der Waals surface area contributed by atoms with Crippen molar-refractivity contribution in [2.24, 2.45) is 5.10 Å². The third kappa shape index (κ3) is 6.53. The van der Waals surface area contributed by atoms with Crippen molar-refractivity contribution in [3.8, 4) is 0 Å². The molecule has 0 bridgehead atoms. The lowest BCUT2D eigenvalue weighted by Gasteiger charge is -2.03. The van der Waals surface area contributed by atoms with Gasteiger partial charge in [0.2, 0.25) is 5.91 Å². The van der Waals surface area contributed by atoms with Crippen LogP contribution in [-0.2, 0) is 4.79 Å². The van der Waals surface area contributed by atoms with Crippen molar-refractivity contribution in [2.75, 3.05) is 0 Å². The summed E-state index contributed by atoms with van der Waals surface area (Å²) in [6.45, 7) is 4.05. The van der Waals surface area contributed by atoms with Crippen molar-refractivity contribution in [2.45, 2.75) is 46.0 Å². The molecule has 0 atom stereocenters. The highest BCUT2D eigenvalue weighted by Gasteiger charge is 2.01. The van der Waals surface area contributed by atoms with Gasteiger partial charge in [-0.1, -0.05) is 54.2 Å². The SMILES string of the molecule is CCCCCCC(=O)NN=C(C)c1ccc(Br)cc1. The molecular weight excluding hydrogens is 304 g/mol.